The lowest BCUT2D eigenvalue weighted by Crippen LogP contribution is -2.16. The molecule has 0 bridgehead atoms. The maximum Gasteiger partial charge on any atom is 0.294 e. The molecule has 5 nitrogen and oxygen atoms in total. The Bertz CT molecular complexity index is 632. The van der Waals surface area contributed by atoms with Gasteiger partial charge in [-0.2, -0.15) is 5.10 Å². The van der Waals surface area contributed by atoms with E-state index in [4.69, 9.17) is 0 Å². The molecule has 0 saturated carbocycles. The number of benzene rings is 1. The van der Waals surface area contributed by atoms with Gasteiger partial charge in [0.05, 0.1) is 10.6 Å². The minimum absolute atomic E-state index is 0.0238. The average molecular weight is 285 g/mol. The number of hydrazone groups is 1. The maximum atomic E-state index is 11.0. The smallest absolute Gasteiger partial charge is 0.271 e. The molecule has 0 fully saturated rings. The molecule has 1 aromatic rings. The maximum absolute atomic E-state index is 11.0. The topological polar surface area (TPSA) is 67.5 Å². The lowest BCUT2D eigenvalue weighted by Gasteiger charge is -2.22. The molecular weight excluding hydrogens is 266 g/mol. The van der Waals surface area contributed by atoms with Gasteiger partial charge in [0.2, 0.25) is 0 Å². The van der Waals surface area contributed by atoms with Crippen LogP contribution < -0.4 is 5.43 Å². The van der Waals surface area contributed by atoms with E-state index < -0.39 is 4.92 Å². The number of nitrogens with zero attached hydrogens (tertiary/aromatic N) is 2. The largest absolute Gasteiger partial charge is 0.294 e. The zero-order valence-corrected chi connectivity index (χ0v) is 12.3. The summed E-state index contributed by atoms with van der Waals surface area (Å²) in [6.45, 7) is 8.03. The van der Waals surface area contributed by atoms with Crippen molar-refractivity contribution in [3.8, 4) is 0 Å². The van der Waals surface area contributed by atoms with Gasteiger partial charge in [-0.05, 0) is 44.2 Å². The predicted octanol–water partition coefficient (Wildman–Crippen LogP) is 4.30. The first-order valence-corrected chi connectivity index (χ1v) is 6.87. The molecule has 1 aliphatic rings. The molecule has 5 heteroatoms. The predicted molar refractivity (Wildman–Crippen MR) is 85.4 cm³/mol. The number of nitro groups is 1. The van der Waals surface area contributed by atoms with E-state index in [1.54, 1.807) is 18.2 Å². The fourth-order valence-electron chi connectivity index (χ4n) is 2.28. The van der Waals surface area contributed by atoms with Crippen LogP contribution in [0.4, 0.5) is 11.4 Å². The minimum atomic E-state index is -0.414. The normalized spacial score (nSPS) is 20.0. The van der Waals surface area contributed by atoms with Gasteiger partial charge in [0.15, 0.2) is 0 Å². The Morgan fingerprint density at radius 1 is 1.48 bits per heavy atom. The molecule has 1 unspecified atom stereocenters. The van der Waals surface area contributed by atoms with Gasteiger partial charge in [0.1, 0.15) is 5.69 Å². The van der Waals surface area contributed by atoms with Crippen molar-refractivity contribution in [1.29, 1.82) is 0 Å². The van der Waals surface area contributed by atoms with Crippen molar-refractivity contribution < 1.29 is 4.92 Å². The summed E-state index contributed by atoms with van der Waals surface area (Å²) < 4.78 is 0. The summed E-state index contributed by atoms with van der Waals surface area (Å²) in [5, 5.41) is 15.3. The molecule has 0 heterocycles. The molecule has 0 aromatic heterocycles. The lowest BCUT2D eigenvalue weighted by molar-refractivity contribution is -0.384. The summed E-state index contributed by atoms with van der Waals surface area (Å²) >= 11 is 0. The third kappa shape index (κ3) is 3.56. The van der Waals surface area contributed by atoms with Gasteiger partial charge < -0.3 is 0 Å². The van der Waals surface area contributed by atoms with E-state index in [1.807, 2.05) is 13.8 Å². The van der Waals surface area contributed by atoms with Crippen molar-refractivity contribution in [2.75, 3.05) is 5.43 Å². The number of nitro benzene ring substituents is 1. The van der Waals surface area contributed by atoms with Crippen LogP contribution in [0.1, 0.15) is 26.7 Å². The second-order valence-electron chi connectivity index (χ2n) is 5.31. The molecular formula is C16H19N3O2. The highest BCUT2D eigenvalue weighted by Crippen LogP contribution is 2.28. The van der Waals surface area contributed by atoms with Gasteiger partial charge in [-0.1, -0.05) is 30.4 Å². The van der Waals surface area contributed by atoms with Gasteiger partial charge in [0.25, 0.3) is 5.69 Å². The molecule has 0 radical (unpaired) electrons. The SMILES string of the molecule is C=C(C)C1CC=C(C)/C(=N/Nc2ccccc2[N+](=O)[O-])C1. The van der Waals surface area contributed by atoms with Crippen LogP contribution in [-0.2, 0) is 0 Å². The van der Waals surface area contributed by atoms with E-state index in [0.29, 0.717) is 11.6 Å². The molecule has 1 aromatic carbocycles. The van der Waals surface area contributed by atoms with Gasteiger partial charge in [-0.3, -0.25) is 15.5 Å². The molecule has 21 heavy (non-hydrogen) atoms. The molecule has 0 saturated heterocycles. The lowest BCUT2D eigenvalue weighted by atomic mass is 9.85. The average Bonchev–Trinajstić information content (AvgIpc) is 2.46. The van der Waals surface area contributed by atoms with Crippen LogP contribution >= 0.6 is 0 Å². The molecule has 2 rings (SSSR count). The standard InChI is InChI=1S/C16H19N3O2/c1-11(2)13-9-8-12(3)15(10-13)18-17-14-6-4-5-7-16(14)19(20)21/h4-8,13,17H,1,9-10H2,2-3H3/b18-15+. The van der Waals surface area contributed by atoms with Gasteiger partial charge in [0, 0.05) is 6.07 Å². The quantitative estimate of drug-likeness (QED) is 0.509. The van der Waals surface area contributed by atoms with Crippen molar-refractivity contribution in [2.24, 2.45) is 11.0 Å². The fraction of sp³-hybridized carbons (Fsp3) is 0.312. The zero-order chi connectivity index (χ0) is 15.4. The number of para-hydroxylation sites is 2. The highest BCUT2D eigenvalue weighted by Gasteiger charge is 2.19. The van der Waals surface area contributed by atoms with Gasteiger partial charge in [-0.15, -0.1) is 0 Å². The summed E-state index contributed by atoms with van der Waals surface area (Å²) in [5.74, 6) is 0.389. The van der Waals surface area contributed by atoms with Crippen molar-refractivity contribution in [1.82, 2.24) is 0 Å². The third-order valence-corrected chi connectivity index (χ3v) is 3.71. The van der Waals surface area contributed by atoms with Crippen LogP contribution in [0.3, 0.4) is 0 Å². The van der Waals surface area contributed by atoms with Crippen LogP contribution in [0.25, 0.3) is 0 Å². The highest BCUT2D eigenvalue weighted by atomic mass is 16.6. The van der Waals surface area contributed by atoms with Crippen LogP contribution in [0.15, 0.2) is 53.2 Å². The van der Waals surface area contributed by atoms with Crippen LogP contribution in [-0.4, -0.2) is 10.6 Å². The Balaban J connectivity index is 2.21. The first kappa shape index (κ1) is 15.0. The summed E-state index contributed by atoms with van der Waals surface area (Å²) in [6.07, 6.45) is 3.93. The summed E-state index contributed by atoms with van der Waals surface area (Å²) in [7, 11) is 0. The molecule has 1 N–H and O–H groups in total. The second kappa shape index (κ2) is 6.35. The fourth-order valence-corrected chi connectivity index (χ4v) is 2.28. The van der Waals surface area contributed by atoms with Crippen LogP contribution in [0.5, 0.6) is 0 Å². The first-order valence-electron chi connectivity index (χ1n) is 6.87. The Morgan fingerprint density at radius 2 is 2.19 bits per heavy atom. The highest BCUT2D eigenvalue weighted by molar-refractivity contribution is 6.01. The van der Waals surface area contributed by atoms with Crippen molar-refractivity contribution in [3.05, 3.63) is 58.2 Å². The summed E-state index contributed by atoms with van der Waals surface area (Å²) in [5.41, 5.74) is 6.43. The van der Waals surface area contributed by atoms with E-state index in [-0.39, 0.29) is 5.69 Å². The third-order valence-electron chi connectivity index (χ3n) is 3.71. The van der Waals surface area contributed by atoms with Gasteiger partial charge >= 0.3 is 0 Å². The van der Waals surface area contributed by atoms with Crippen molar-refractivity contribution >= 4 is 17.1 Å². The summed E-state index contributed by atoms with van der Waals surface area (Å²) in [4.78, 5) is 10.6. The van der Waals surface area contributed by atoms with Crippen LogP contribution in [0.2, 0.25) is 0 Å². The second-order valence-corrected chi connectivity index (χ2v) is 5.31. The number of hydrogen-bond acceptors (Lipinski definition) is 4. The molecule has 1 aliphatic carbocycles. The van der Waals surface area contributed by atoms with E-state index >= 15 is 0 Å². The number of allylic oxidation sites excluding steroid dienone is 3. The van der Waals surface area contributed by atoms with Crippen LogP contribution in [0, 0.1) is 16.0 Å². The first-order chi connectivity index (χ1) is 9.99. The van der Waals surface area contributed by atoms with E-state index in [9.17, 15) is 10.1 Å². The molecule has 0 spiro atoms. The minimum Gasteiger partial charge on any atom is -0.271 e. The zero-order valence-electron chi connectivity index (χ0n) is 12.3. The molecule has 1 atom stereocenters. The molecule has 110 valence electrons. The Labute approximate surface area is 124 Å². The summed E-state index contributed by atoms with van der Waals surface area (Å²) in [6, 6.07) is 6.50. The Hall–Kier alpha value is -2.43. The molecule has 0 amide bonds. The molecule has 0 aliphatic heterocycles. The number of hydrogen-bond donors (Lipinski definition) is 1. The number of anilines is 1. The van der Waals surface area contributed by atoms with E-state index in [0.717, 1.165) is 29.7 Å². The number of rotatable bonds is 4. The van der Waals surface area contributed by atoms with E-state index in [1.165, 1.54) is 6.07 Å². The van der Waals surface area contributed by atoms with Gasteiger partial charge in [-0.25, -0.2) is 0 Å². The van der Waals surface area contributed by atoms with Crippen molar-refractivity contribution in [3.63, 3.8) is 0 Å². The van der Waals surface area contributed by atoms with Crippen molar-refractivity contribution in [2.45, 2.75) is 26.7 Å². The Morgan fingerprint density at radius 3 is 2.86 bits per heavy atom. The van der Waals surface area contributed by atoms with E-state index in [2.05, 4.69) is 23.2 Å². The monoisotopic (exact) mass is 285 g/mol. The number of nitrogens with one attached hydrogen (secondary N) is 1. The Kier molecular flexibility index (Phi) is 4.52.